The molecule has 0 atom stereocenters. The SMILES string of the molecule is CN(C(=O)COc1ccc(Cl)c2cccnc12)c1c(N)n(Cc2ccccc2)c(=O)[nH]c1=O. The second-order valence-corrected chi connectivity index (χ2v) is 7.66. The number of rotatable bonds is 6. The summed E-state index contributed by atoms with van der Waals surface area (Å²) in [6.07, 6.45) is 1.59. The summed E-state index contributed by atoms with van der Waals surface area (Å²) in [7, 11) is 1.39. The zero-order chi connectivity index (χ0) is 23.5. The third kappa shape index (κ3) is 4.44. The van der Waals surface area contributed by atoms with Crippen molar-refractivity contribution < 1.29 is 9.53 Å². The second kappa shape index (κ2) is 9.17. The van der Waals surface area contributed by atoms with E-state index in [4.69, 9.17) is 22.1 Å². The van der Waals surface area contributed by atoms with Gasteiger partial charge in [0.05, 0.1) is 11.6 Å². The highest BCUT2D eigenvalue weighted by Crippen LogP contribution is 2.29. The van der Waals surface area contributed by atoms with Crippen LogP contribution in [0.2, 0.25) is 5.02 Å². The fraction of sp³-hybridized carbons (Fsp3) is 0.130. The number of pyridine rings is 1. The van der Waals surface area contributed by atoms with Crippen LogP contribution in [-0.2, 0) is 11.3 Å². The number of hydrogen-bond acceptors (Lipinski definition) is 6. The normalized spacial score (nSPS) is 10.8. The summed E-state index contributed by atoms with van der Waals surface area (Å²) in [5.41, 5.74) is 5.90. The van der Waals surface area contributed by atoms with E-state index in [0.717, 1.165) is 10.5 Å². The Bertz CT molecular complexity index is 1450. The molecule has 0 radical (unpaired) electrons. The summed E-state index contributed by atoms with van der Waals surface area (Å²) < 4.78 is 6.88. The zero-order valence-corrected chi connectivity index (χ0v) is 18.4. The molecule has 0 aliphatic rings. The standard InChI is InChI=1S/C23H20ClN5O4/c1-28(18(30)13-33-17-10-9-16(24)15-8-5-11-26-19(15)17)20-21(25)29(23(32)27-22(20)31)12-14-6-3-2-4-7-14/h2-11H,12-13,25H2,1H3,(H,27,31,32). The van der Waals surface area contributed by atoms with E-state index < -0.39 is 17.2 Å². The number of likely N-dealkylation sites (N-methyl/N-ethyl adjacent to an activating group) is 1. The number of nitrogens with one attached hydrogen (secondary N) is 1. The van der Waals surface area contributed by atoms with Gasteiger partial charge in [0.1, 0.15) is 17.1 Å². The van der Waals surface area contributed by atoms with Crippen LogP contribution in [0.3, 0.4) is 0 Å². The molecular formula is C23H20ClN5O4. The van der Waals surface area contributed by atoms with Gasteiger partial charge in [-0.05, 0) is 29.8 Å². The highest BCUT2D eigenvalue weighted by atomic mass is 35.5. The molecule has 9 nitrogen and oxygen atoms in total. The van der Waals surface area contributed by atoms with Crippen molar-refractivity contribution in [2.45, 2.75) is 6.54 Å². The first-order valence-corrected chi connectivity index (χ1v) is 10.3. The van der Waals surface area contributed by atoms with Gasteiger partial charge in [-0.2, -0.15) is 0 Å². The van der Waals surface area contributed by atoms with E-state index in [1.54, 1.807) is 30.5 Å². The average molecular weight is 466 g/mol. The van der Waals surface area contributed by atoms with Crippen LogP contribution in [0.4, 0.5) is 11.5 Å². The number of nitrogens with zero attached hydrogens (tertiary/aromatic N) is 3. The molecule has 2 aromatic heterocycles. The number of nitrogen functional groups attached to an aromatic ring is 1. The van der Waals surface area contributed by atoms with Crippen molar-refractivity contribution in [1.29, 1.82) is 0 Å². The molecule has 0 fully saturated rings. The molecule has 0 aliphatic heterocycles. The molecule has 3 N–H and O–H groups in total. The molecule has 2 aromatic carbocycles. The number of halogens is 1. The molecule has 10 heteroatoms. The lowest BCUT2D eigenvalue weighted by atomic mass is 10.2. The molecule has 0 saturated heterocycles. The minimum Gasteiger partial charge on any atom is -0.481 e. The van der Waals surface area contributed by atoms with Crippen LogP contribution in [-0.4, -0.2) is 34.1 Å². The summed E-state index contributed by atoms with van der Waals surface area (Å²) in [5.74, 6) is -0.300. The van der Waals surface area contributed by atoms with Crippen molar-refractivity contribution in [2.24, 2.45) is 0 Å². The number of aromatic amines is 1. The van der Waals surface area contributed by atoms with Gasteiger partial charge < -0.3 is 15.4 Å². The van der Waals surface area contributed by atoms with Crippen molar-refractivity contribution in [3.05, 3.63) is 92.2 Å². The predicted octanol–water partition coefficient (Wildman–Crippen LogP) is 2.41. The Balaban J connectivity index is 1.59. The number of H-pyrrole nitrogens is 1. The van der Waals surface area contributed by atoms with Gasteiger partial charge in [-0.25, -0.2) is 4.79 Å². The average Bonchev–Trinajstić information content (AvgIpc) is 2.82. The first kappa shape index (κ1) is 22.1. The topological polar surface area (TPSA) is 123 Å². The van der Waals surface area contributed by atoms with E-state index in [1.807, 2.05) is 30.3 Å². The molecule has 4 aromatic rings. The van der Waals surface area contributed by atoms with Gasteiger partial charge in [-0.3, -0.25) is 24.1 Å². The van der Waals surface area contributed by atoms with Gasteiger partial charge in [0.15, 0.2) is 12.3 Å². The summed E-state index contributed by atoms with van der Waals surface area (Å²) in [6.45, 7) is -0.253. The van der Waals surface area contributed by atoms with Crippen LogP contribution in [0, 0.1) is 0 Å². The fourth-order valence-corrected chi connectivity index (χ4v) is 3.63. The Morgan fingerprint density at radius 2 is 1.91 bits per heavy atom. The summed E-state index contributed by atoms with van der Waals surface area (Å²) in [5, 5.41) is 1.19. The van der Waals surface area contributed by atoms with Gasteiger partial charge >= 0.3 is 5.69 Å². The van der Waals surface area contributed by atoms with Crippen LogP contribution >= 0.6 is 11.6 Å². The molecule has 4 rings (SSSR count). The maximum atomic E-state index is 12.8. The molecule has 168 valence electrons. The Morgan fingerprint density at radius 1 is 1.15 bits per heavy atom. The Kier molecular flexibility index (Phi) is 6.14. The number of ether oxygens (including phenoxy) is 1. The number of carbonyl (C=O) groups is 1. The van der Waals surface area contributed by atoms with Gasteiger partial charge in [0, 0.05) is 18.6 Å². The highest BCUT2D eigenvalue weighted by molar-refractivity contribution is 6.35. The Morgan fingerprint density at radius 3 is 2.67 bits per heavy atom. The van der Waals surface area contributed by atoms with Gasteiger partial charge in [-0.15, -0.1) is 0 Å². The highest BCUT2D eigenvalue weighted by Gasteiger charge is 2.22. The van der Waals surface area contributed by atoms with E-state index >= 15 is 0 Å². The van der Waals surface area contributed by atoms with Crippen LogP contribution in [0.15, 0.2) is 70.4 Å². The molecule has 0 saturated carbocycles. The molecule has 2 heterocycles. The van der Waals surface area contributed by atoms with Crippen LogP contribution in [0.5, 0.6) is 5.75 Å². The molecular weight excluding hydrogens is 446 g/mol. The molecule has 1 amide bonds. The van der Waals surface area contributed by atoms with Crippen molar-refractivity contribution >= 4 is 39.9 Å². The van der Waals surface area contributed by atoms with Gasteiger partial charge in [-0.1, -0.05) is 41.9 Å². The number of aromatic nitrogens is 3. The van der Waals surface area contributed by atoms with Crippen LogP contribution in [0.25, 0.3) is 10.9 Å². The number of nitrogens with two attached hydrogens (primary N) is 1. The van der Waals surface area contributed by atoms with E-state index in [9.17, 15) is 14.4 Å². The monoisotopic (exact) mass is 465 g/mol. The summed E-state index contributed by atoms with van der Waals surface area (Å²) in [4.78, 5) is 45.2. The fourth-order valence-electron chi connectivity index (χ4n) is 3.41. The number of fused-ring (bicyclic) bond motifs is 1. The van der Waals surface area contributed by atoms with Crippen molar-refractivity contribution in [2.75, 3.05) is 24.3 Å². The molecule has 0 spiro atoms. The smallest absolute Gasteiger partial charge is 0.330 e. The maximum Gasteiger partial charge on any atom is 0.330 e. The molecule has 33 heavy (non-hydrogen) atoms. The number of benzene rings is 2. The Hall–Kier alpha value is -4.11. The number of carbonyl (C=O) groups excluding carboxylic acids is 1. The van der Waals surface area contributed by atoms with Crippen molar-refractivity contribution in [1.82, 2.24) is 14.5 Å². The van der Waals surface area contributed by atoms with Crippen molar-refractivity contribution in [3.63, 3.8) is 0 Å². The van der Waals surface area contributed by atoms with E-state index in [1.165, 1.54) is 11.6 Å². The Labute approximate surface area is 193 Å². The molecule has 0 aliphatic carbocycles. The van der Waals surface area contributed by atoms with Gasteiger partial charge in [0.2, 0.25) is 0 Å². The third-order valence-corrected chi connectivity index (χ3v) is 5.47. The first-order valence-electron chi connectivity index (χ1n) is 9.96. The van der Waals surface area contributed by atoms with E-state index in [2.05, 4.69) is 9.97 Å². The molecule has 0 unspecified atom stereocenters. The predicted molar refractivity (Wildman–Crippen MR) is 127 cm³/mol. The maximum absolute atomic E-state index is 12.8. The van der Waals surface area contributed by atoms with E-state index in [0.29, 0.717) is 21.7 Å². The number of hydrogen-bond donors (Lipinski definition) is 2. The first-order chi connectivity index (χ1) is 15.9. The molecule has 0 bridgehead atoms. The third-order valence-electron chi connectivity index (χ3n) is 5.14. The van der Waals surface area contributed by atoms with Crippen molar-refractivity contribution in [3.8, 4) is 5.75 Å². The number of amides is 1. The minimum atomic E-state index is -0.767. The zero-order valence-electron chi connectivity index (χ0n) is 17.6. The number of anilines is 2. The van der Waals surface area contributed by atoms with Crippen LogP contribution in [0.1, 0.15) is 5.56 Å². The second-order valence-electron chi connectivity index (χ2n) is 7.25. The quantitative estimate of drug-likeness (QED) is 0.450. The summed E-state index contributed by atoms with van der Waals surface area (Å²) >= 11 is 6.19. The lowest BCUT2D eigenvalue weighted by Crippen LogP contribution is -2.41. The van der Waals surface area contributed by atoms with Gasteiger partial charge in [0.25, 0.3) is 11.5 Å². The lowest BCUT2D eigenvalue weighted by molar-refractivity contribution is -0.120. The lowest BCUT2D eigenvalue weighted by Gasteiger charge is -2.20. The van der Waals surface area contributed by atoms with Crippen LogP contribution < -0.4 is 26.6 Å². The summed E-state index contributed by atoms with van der Waals surface area (Å²) in [6, 6.07) is 16.0. The van der Waals surface area contributed by atoms with E-state index in [-0.39, 0.29) is 24.7 Å². The minimum absolute atomic E-state index is 0.123. The largest absolute Gasteiger partial charge is 0.481 e.